The minimum absolute atomic E-state index is 0.00252. The molecule has 1 unspecified atom stereocenters. The second-order valence-electron chi connectivity index (χ2n) is 7.57. The van der Waals surface area contributed by atoms with E-state index in [2.05, 4.69) is 10.3 Å². The van der Waals surface area contributed by atoms with E-state index >= 15 is 0 Å². The first-order chi connectivity index (χ1) is 13.0. The van der Waals surface area contributed by atoms with E-state index in [0.29, 0.717) is 18.0 Å². The SMILES string of the molecule is CC(=O)NC(C)Cc1c(C(=O)N(C)CC2CCOCC2)[nH]c2ccccc12. The molecule has 0 radical (unpaired) electrons. The van der Waals surface area contributed by atoms with Gasteiger partial charge in [0.25, 0.3) is 5.91 Å². The lowest BCUT2D eigenvalue weighted by atomic mass is 9.99. The van der Waals surface area contributed by atoms with Crippen LogP contribution < -0.4 is 5.32 Å². The molecular weight excluding hydrogens is 342 g/mol. The van der Waals surface area contributed by atoms with Crippen LogP contribution in [-0.4, -0.2) is 54.5 Å². The van der Waals surface area contributed by atoms with Gasteiger partial charge < -0.3 is 19.9 Å². The molecule has 0 spiro atoms. The van der Waals surface area contributed by atoms with Gasteiger partial charge in [0.1, 0.15) is 5.69 Å². The molecule has 1 atom stereocenters. The smallest absolute Gasteiger partial charge is 0.270 e. The number of ether oxygens (including phenoxy) is 1. The number of fused-ring (bicyclic) bond motifs is 1. The molecule has 2 aromatic rings. The molecule has 27 heavy (non-hydrogen) atoms. The molecule has 0 bridgehead atoms. The predicted molar refractivity (Wildman–Crippen MR) is 106 cm³/mol. The van der Waals surface area contributed by atoms with Crippen molar-refractivity contribution in [1.29, 1.82) is 0 Å². The fourth-order valence-corrected chi connectivity index (χ4v) is 3.89. The first-order valence-electron chi connectivity index (χ1n) is 9.65. The number of rotatable bonds is 6. The Morgan fingerprint density at radius 2 is 2.00 bits per heavy atom. The van der Waals surface area contributed by atoms with Crippen LogP contribution in [0.3, 0.4) is 0 Å². The van der Waals surface area contributed by atoms with Crippen molar-refractivity contribution >= 4 is 22.7 Å². The molecule has 1 aromatic heterocycles. The number of carbonyl (C=O) groups excluding carboxylic acids is 2. The van der Waals surface area contributed by atoms with Crippen molar-refractivity contribution in [3.8, 4) is 0 Å². The lowest BCUT2D eigenvalue weighted by Crippen LogP contribution is -2.36. The highest BCUT2D eigenvalue weighted by atomic mass is 16.5. The monoisotopic (exact) mass is 371 g/mol. The first kappa shape index (κ1) is 19.4. The molecule has 0 saturated carbocycles. The number of para-hydroxylation sites is 1. The summed E-state index contributed by atoms with van der Waals surface area (Å²) >= 11 is 0. The van der Waals surface area contributed by atoms with Crippen molar-refractivity contribution in [2.75, 3.05) is 26.8 Å². The number of nitrogens with one attached hydrogen (secondary N) is 2. The zero-order chi connectivity index (χ0) is 19.4. The van der Waals surface area contributed by atoms with E-state index in [1.165, 1.54) is 6.92 Å². The second-order valence-corrected chi connectivity index (χ2v) is 7.57. The van der Waals surface area contributed by atoms with E-state index in [9.17, 15) is 9.59 Å². The number of H-pyrrole nitrogens is 1. The van der Waals surface area contributed by atoms with Crippen LogP contribution in [0.1, 0.15) is 42.7 Å². The van der Waals surface area contributed by atoms with Gasteiger partial charge in [0, 0.05) is 50.7 Å². The Morgan fingerprint density at radius 3 is 2.70 bits per heavy atom. The maximum absolute atomic E-state index is 13.2. The van der Waals surface area contributed by atoms with Crippen LogP contribution in [0.2, 0.25) is 0 Å². The summed E-state index contributed by atoms with van der Waals surface area (Å²) in [5.41, 5.74) is 2.55. The zero-order valence-electron chi connectivity index (χ0n) is 16.4. The molecule has 0 aliphatic carbocycles. The number of aromatic amines is 1. The summed E-state index contributed by atoms with van der Waals surface area (Å²) in [7, 11) is 1.87. The summed E-state index contributed by atoms with van der Waals surface area (Å²) in [5, 5.41) is 3.95. The zero-order valence-corrected chi connectivity index (χ0v) is 16.4. The van der Waals surface area contributed by atoms with Crippen molar-refractivity contribution in [3.63, 3.8) is 0 Å². The van der Waals surface area contributed by atoms with E-state index in [0.717, 1.165) is 49.1 Å². The van der Waals surface area contributed by atoms with Gasteiger partial charge in [-0.1, -0.05) is 18.2 Å². The third kappa shape index (κ3) is 4.69. The van der Waals surface area contributed by atoms with E-state index in [1.54, 1.807) is 0 Å². The summed E-state index contributed by atoms with van der Waals surface area (Å²) in [6, 6.07) is 7.89. The van der Waals surface area contributed by atoms with Gasteiger partial charge >= 0.3 is 0 Å². The van der Waals surface area contributed by atoms with Gasteiger partial charge in [-0.25, -0.2) is 0 Å². The highest BCUT2D eigenvalue weighted by Crippen LogP contribution is 2.25. The van der Waals surface area contributed by atoms with Gasteiger partial charge in [-0.3, -0.25) is 9.59 Å². The summed E-state index contributed by atoms with van der Waals surface area (Å²) in [4.78, 5) is 29.7. The number of nitrogens with zero attached hydrogens (tertiary/aromatic N) is 1. The van der Waals surface area contributed by atoms with Crippen molar-refractivity contribution in [3.05, 3.63) is 35.5 Å². The molecular formula is C21H29N3O3. The number of aromatic nitrogens is 1. The Balaban J connectivity index is 1.84. The molecule has 1 aromatic carbocycles. The molecule has 146 valence electrons. The molecule has 1 aliphatic heterocycles. The standard InChI is InChI=1S/C21H29N3O3/c1-14(22-15(2)25)12-18-17-6-4-5-7-19(17)23-20(18)21(26)24(3)13-16-8-10-27-11-9-16/h4-7,14,16,23H,8-13H2,1-3H3,(H,22,25). The fraction of sp³-hybridized carbons (Fsp3) is 0.524. The Labute approximate surface area is 160 Å². The van der Waals surface area contributed by atoms with Crippen LogP contribution in [0.4, 0.5) is 0 Å². The summed E-state index contributed by atoms with van der Waals surface area (Å²) in [6.45, 7) is 5.76. The van der Waals surface area contributed by atoms with E-state index < -0.39 is 0 Å². The summed E-state index contributed by atoms with van der Waals surface area (Å²) in [5.74, 6) is 0.424. The number of benzene rings is 1. The topological polar surface area (TPSA) is 74.4 Å². The van der Waals surface area contributed by atoms with Crippen molar-refractivity contribution in [1.82, 2.24) is 15.2 Å². The third-order valence-corrected chi connectivity index (χ3v) is 5.21. The third-order valence-electron chi connectivity index (χ3n) is 5.21. The van der Waals surface area contributed by atoms with Crippen LogP contribution in [0.25, 0.3) is 10.9 Å². The highest BCUT2D eigenvalue weighted by Gasteiger charge is 2.24. The summed E-state index contributed by atoms with van der Waals surface area (Å²) < 4.78 is 5.42. The molecule has 1 fully saturated rings. The van der Waals surface area contributed by atoms with Crippen molar-refractivity contribution in [2.45, 2.75) is 39.2 Å². The quantitative estimate of drug-likeness (QED) is 0.820. The minimum atomic E-state index is -0.0631. The van der Waals surface area contributed by atoms with Gasteiger partial charge in [-0.15, -0.1) is 0 Å². The highest BCUT2D eigenvalue weighted by molar-refractivity contribution is 6.01. The maximum Gasteiger partial charge on any atom is 0.270 e. The summed E-state index contributed by atoms with van der Waals surface area (Å²) in [6.07, 6.45) is 2.60. The van der Waals surface area contributed by atoms with Crippen LogP contribution >= 0.6 is 0 Å². The number of hydrogen-bond acceptors (Lipinski definition) is 3. The molecule has 1 saturated heterocycles. The Morgan fingerprint density at radius 1 is 1.30 bits per heavy atom. The lowest BCUT2D eigenvalue weighted by molar-refractivity contribution is -0.119. The van der Waals surface area contributed by atoms with Gasteiger partial charge in [0.05, 0.1) is 0 Å². The van der Waals surface area contributed by atoms with Crippen molar-refractivity contribution in [2.24, 2.45) is 5.92 Å². The largest absolute Gasteiger partial charge is 0.381 e. The molecule has 3 rings (SSSR count). The van der Waals surface area contributed by atoms with Gasteiger partial charge in [0.15, 0.2) is 0 Å². The van der Waals surface area contributed by atoms with Gasteiger partial charge in [-0.2, -0.15) is 0 Å². The Bertz CT molecular complexity index is 808. The number of carbonyl (C=O) groups is 2. The van der Waals surface area contributed by atoms with E-state index in [1.807, 2.05) is 43.1 Å². The Kier molecular flexibility index (Phi) is 6.16. The van der Waals surface area contributed by atoms with Gasteiger partial charge in [0.2, 0.25) is 5.91 Å². The van der Waals surface area contributed by atoms with Crippen LogP contribution in [0, 0.1) is 5.92 Å². The van der Waals surface area contributed by atoms with Crippen LogP contribution in [-0.2, 0) is 16.0 Å². The second kappa shape index (κ2) is 8.57. The normalized spacial score (nSPS) is 16.3. The average Bonchev–Trinajstić information content (AvgIpc) is 2.99. The van der Waals surface area contributed by atoms with Crippen LogP contribution in [0.5, 0.6) is 0 Å². The maximum atomic E-state index is 13.2. The molecule has 2 N–H and O–H groups in total. The minimum Gasteiger partial charge on any atom is -0.381 e. The first-order valence-corrected chi connectivity index (χ1v) is 9.65. The Hall–Kier alpha value is -2.34. The molecule has 6 heteroatoms. The van der Waals surface area contributed by atoms with Crippen molar-refractivity contribution < 1.29 is 14.3 Å². The average molecular weight is 371 g/mol. The number of amides is 2. The lowest BCUT2D eigenvalue weighted by Gasteiger charge is -2.27. The molecule has 6 nitrogen and oxygen atoms in total. The molecule has 1 aliphatic rings. The fourth-order valence-electron chi connectivity index (χ4n) is 3.89. The molecule has 2 amide bonds. The molecule has 2 heterocycles. The van der Waals surface area contributed by atoms with E-state index in [-0.39, 0.29) is 17.9 Å². The number of hydrogen-bond donors (Lipinski definition) is 2. The predicted octanol–water partition coefficient (Wildman–Crippen LogP) is 2.73. The van der Waals surface area contributed by atoms with E-state index in [4.69, 9.17) is 4.74 Å². The van der Waals surface area contributed by atoms with Gasteiger partial charge in [-0.05, 0) is 43.7 Å². The van der Waals surface area contributed by atoms with Crippen LogP contribution in [0.15, 0.2) is 24.3 Å².